The fourth-order valence-electron chi connectivity index (χ4n) is 2.50. The highest BCUT2D eigenvalue weighted by Gasteiger charge is 2.39. The van der Waals surface area contributed by atoms with Crippen molar-refractivity contribution in [3.05, 3.63) is 0 Å². The van der Waals surface area contributed by atoms with Crippen molar-refractivity contribution >= 4 is 0 Å². The normalized spacial score (nSPS) is 20.6. The van der Waals surface area contributed by atoms with Crippen LogP contribution < -0.4 is 5.73 Å². The lowest BCUT2D eigenvalue weighted by Gasteiger charge is -2.40. The molecule has 0 bridgehead atoms. The van der Waals surface area contributed by atoms with Crippen LogP contribution in [-0.4, -0.2) is 35.7 Å². The van der Waals surface area contributed by atoms with Gasteiger partial charge in [0.25, 0.3) is 0 Å². The Kier molecular flexibility index (Phi) is 4.84. The molecule has 2 N–H and O–H groups in total. The summed E-state index contributed by atoms with van der Waals surface area (Å²) in [6, 6.07) is 0.541. The molecule has 102 valence electrons. The Hall–Kier alpha value is -0.290. The first-order valence-corrected chi connectivity index (χ1v) is 6.36. The van der Waals surface area contributed by atoms with E-state index in [2.05, 4.69) is 11.8 Å². The van der Waals surface area contributed by atoms with Gasteiger partial charge >= 0.3 is 6.18 Å². The van der Waals surface area contributed by atoms with Crippen LogP contribution in [0.25, 0.3) is 0 Å². The van der Waals surface area contributed by atoms with E-state index >= 15 is 0 Å². The van der Waals surface area contributed by atoms with E-state index in [-0.39, 0.29) is 12.0 Å². The van der Waals surface area contributed by atoms with E-state index in [1.54, 1.807) is 0 Å². The summed E-state index contributed by atoms with van der Waals surface area (Å²) in [6.07, 6.45) is -1.75. The van der Waals surface area contributed by atoms with Crippen LogP contribution in [0.3, 0.4) is 0 Å². The van der Waals surface area contributed by atoms with Crippen molar-refractivity contribution in [2.75, 3.05) is 13.1 Å². The quantitative estimate of drug-likeness (QED) is 0.755. The molecule has 0 aliphatic heterocycles. The Bertz CT molecular complexity index is 238. The Labute approximate surface area is 101 Å². The summed E-state index contributed by atoms with van der Waals surface area (Å²) in [7, 11) is 0. The fourth-order valence-corrected chi connectivity index (χ4v) is 2.50. The van der Waals surface area contributed by atoms with Crippen LogP contribution in [-0.2, 0) is 0 Å². The standard InChI is InChI=1S/C12H23F3N2/c1-3-17(10-5-6-10)11(2,9-16)7-4-8-12(13,14)15/h10H,3-9,16H2,1-2H3. The van der Waals surface area contributed by atoms with Gasteiger partial charge in [-0.2, -0.15) is 13.2 Å². The summed E-state index contributed by atoms with van der Waals surface area (Å²) >= 11 is 0. The van der Waals surface area contributed by atoms with Crippen molar-refractivity contribution in [2.45, 2.75) is 63.7 Å². The number of nitrogens with two attached hydrogens (primary N) is 1. The minimum absolute atomic E-state index is 0.167. The second-order valence-electron chi connectivity index (χ2n) is 5.19. The van der Waals surface area contributed by atoms with Crippen molar-refractivity contribution in [1.82, 2.24) is 4.90 Å². The molecule has 0 heterocycles. The molecule has 0 radical (unpaired) electrons. The predicted octanol–water partition coefficient (Wildman–Crippen LogP) is 2.92. The zero-order valence-electron chi connectivity index (χ0n) is 10.7. The van der Waals surface area contributed by atoms with Gasteiger partial charge < -0.3 is 5.73 Å². The topological polar surface area (TPSA) is 29.3 Å². The summed E-state index contributed by atoms with van der Waals surface area (Å²) in [5.41, 5.74) is 5.50. The van der Waals surface area contributed by atoms with Crippen molar-refractivity contribution in [3.63, 3.8) is 0 Å². The molecule has 0 aromatic rings. The monoisotopic (exact) mass is 252 g/mol. The first-order chi connectivity index (χ1) is 7.82. The van der Waals surface area contributed by atoms with Gasteiger partial charge in [0.05, 0.1) is 0 Å². The molecular weight excluding hydrogens is 229 g/mol. The molecular formula is C12H23F3N2. The van der Waals surface area contributed by atoms with Crippen LogP contribution in [0.15, 0.2) is 0 Å². The zero-order valence-corrected chi connectivity index (χ0v) is 10.7. The lowest BCUT2D eigenvalue weighted by atomic mass is 9.92. The Morgan fingerprint density at radius 2 is 1.82 bits per heavy atom. The van der Waals surface area contributed by atoms with Crippen LogP contribution >= 0.6 is 0 Å². The number of halogens is 3. The number of alkyl halides is 3. The SMILES string of the molecule is CCN(C1CC1)C(C)(CN)CCCC(F)(F)F. The van der Waals surface area contributed by atoms with E-state index in [9.17, 15) is 13.2 Å². The summed E-state index contributed by atoms with van der Waals surface area (Å²) in [5.74, 6) is 0. The van der Waals surface area contributed by atoms with Crippen LogP contribution in [0.1, 0.15) is 46.0 Å². The maximum Gasteiger partial charge on any atom is 0.389 e. The number of nitrogens with zero attached hydrogens (tertiary/aromatic N) is 1. The van der Waals surface area contributed by atoms with Crippen molar-refractivity contribution in [2.24, 2.45) is 5.73 Å². The molecule has 1 aliphatic carbocycles. The van der Waals surface area contributed by atoms with Gasteiger partial charge in [0.2, 0.25) is 0 Å². The Balaban J connectivity index is 2.49. The summed E-state index contributed by atoms with van der Waals surface area (Å²) < 4.78 is 36.4. The average molecular weight is 252 g/mol. The minimum atomic E-state index is -4.05. The van der Waals surface area contributed by atoms with Gasteiger partial charge in [0, 0.05) is 24.5 Å². The molecule has 1 saturated carbocycles. The molecule has 0 aromatic heterocycles. The summed E-state index contributed by atoms with van der Waals surface area (Å²) in [5, 5.41) is 0. The number of hydrogen-bond donors (Lipinski definition) is 1. The van der Waals surface area contributed by atoms with Crippen molar-refractivity contribution < 1.29 is 13.2 Å². The minimum Gasteiger partial charge on any atom is -0.329 e. The number of likely N-dealkylation sites (N-methyl/N-ethyl adjacent to an activating group) is 1. The van der Waals surface area contributed by atoms with Crippen LogP contribution in [0.5, 0.6) is 0 Å². The molecule has 1 atom stereocenters. The smallest absolute Gasteiger partial charge is 0.329 e. The number of hydrogen-bond acceptors (Lipinski definition) is 2. The van der Waals surface area contributed by atoms with E-state index in [0.29, 0.717) is 19.0 Å². The van der Waals surface area contributed by atoms with Gasteiger partial charge in [-0.3, -0.25) is 4.90 Å². The lowest BCUT2D eigenvalue weighted by Crippen LogP contribution is -2.52. The van der Waals surface area contributed by atoms with E-state index in [4.69, 9.17) is 5.73 Å². The largest absolute Gasteiger partial charge is 0.389 e. The molecule has 2 nitrogen and oxygen atoms in total. The van der Waals surface area contributed by atoms with Crippen LogP contribution in [0, 0.1) is 0 Å². The predicted molar refractivity (Wildman–Crippen MR) is 62.8 cm³/mol. The third-order valence-electron chi connectivity index (χ3n) is 3.64. The Morgan fingerprint density at radius 3 is 2.18 bits per heavy atom. The van der Waals surface area contributed by atoms with Crippen LogP contribution in [0.4, 0.5) is 13.2 Å². The molecule has 17 heavy (non-hydrogen) atoms. The fraction of sp³-hybridized carbons (Fsp3) is 1.00. The second kappa shape index (κ2) is 5.57. The molecule has 0 spiro atoms. The highest BCUT2D eigenvalue weighted by molar-refractivity contribution is 4.96. The first kappa shape index (κ1) is 14.8. The van der Waals surface area contributed by atoms with E-state index in [1.807, 2.05) is 6.92 Å². The molecule has 1 fully saturated rings. The van der Waals surface area contributed by atoms with Crippen molar-refractivity contribution in [3.8, 4) is 0 Å². The van der Waals surface area contributed by atoms with Gasteiger partial charge in [-0.25, -0.2) is 0 Å². The summed E-state index contributed by atoms with van der Waals surface area (Å²) in [4.78, 5) is 2.28. The zero-order chi connectivity index (χ0) is 13.1. The first-order valence-electron chi connectivity index (χ1n) is 6.36. The molecule has 1 unspecified atom stereocenters. The molecule has 1 rings (SSSR count). The molecule has 0 amide bonds. The summed E-state index contributed by atoms with van der Waals surface area (Å²) in [6.45, 7) is 5.33. The lowest BCUT2D eigenvalue weighted by molar-refractivity contribution is -0.136. The molecule has 5 heteroatoms. The van der Waals surface area contributed by atoms with Gasteiger partial charge in [0.15, 0.2) is 0 Å². The highest BCUT2D eigenvalue weighted by Crippen LogP contribution is 2.35. The molecule has 0 saturated heterocycles. The third-order valence-corrected chi connectivity index (χ3v) is 3.64. The van der Waals surface area contributed by atoms with Gasteiger partial charge in [-0.15, -0.1) is 0 Å². The highest BCUT2D eigenvalue weighted by atomic mass is 19.4. The third kappa shape index (κ3) is 4.47. The van der Waals surface area contributed by atoms with E-state index < -0.39 is 12.6 Å². The number of rotatable bonds is 7. The Morgan fingerprint density at radius 1 is 1.24 bits per heavy atom. The van der Waals surface area contributed by atoms with E-state index in [0.717, 1.165) is 19.4 Å². The van der Waals surface area contributed by atoms with Gasteiger partial charge in [-0.1, -0.05) is 6.92 Å². The maximum atomic E-state index is 12.1. The van der Waals surface area contributed by atoms with Gasteiger partial charge in [0.1, 0.15) is 0 Å². The van der Waals surface area contributed by atoms with Crippen molar-refractivity contribution in [1.29, 1.82) is 0 Å². The molecule has 1 aliphatic rings. The maximum absolute atomic E-state index is 12.1. The van der Waals surface area contributed by atoms with Gasteiger partial charge in [-0.05, 0) is 39.2 Å². The molecule has 0 aromatic carbocycles. The van der Waals surface area contributed by atoms with E-state index in [1.165, 1.54) is 0 Å². The average Bonchev–Trinajstić information content (AvgIpc) is 3.01. The van der Waals surface area contributed by atoms with Crippen LogP contribution in [0.2, 0.25) is 0 Å². The second-order valence-corrected chi connectivity index (χ2v) is 5.19.